The fraction of sp³-hybridized carbons (Fsp3) is 0.294. The van der Waals surface area contributed by atoms with Gasteiger partial charge in [-0.15, -0.1) is 0 Å². The number of benzene rings is 2. The molecule has 0 aliphatic rings. The van der Waals surface area contributed by atoms with Crippen molar-refractivity contribution in [1.82, 2.24) is 0 Å². The van der Waals surface area contributed by atoms with Gasteiger partial charge in [0, 0.05) is 3.57 Å². The molecule has 0 aromatic heterocycles. The van der Waals surface area contributed by atoms with Crippen molar-refractivity contribution in [3.8, 4) is 0 Å². The summed E-state index contributed by atoms with van der Waals surface area (Å²) in [5.74, 6) is 0.658. The Morgan fingerprint density at radius 1 is 1.00 bits per heavy atom. The minimum absolute atomic E-state index is 0.541. The highest BCUT2D eigenvalue weighted by molar-refractivity contribution is 14.1. The predicted octanol–water partition coefficient (Wildman–Crippen LogP) is 4.57. The molecule has 0 heterocycles. The van der Waals surface area contributed by atoms with E-state index in [1.165, 1.54) is 5.56 Å². The number of hydrogen-bond acceptors (Lipinski definition) is 1. The minimum atomic E-state index is -0.541. The lowest BCUT2D eigenvalue weighted by Crippen LogP contribution is -2.02. The second-order valence-corrected chi connectivity index (χ2v) is 6.43. The summed E-state index contributed by atoms with van der Waals surface area (Å²) in [4.78, 5) is 0. The molecule has 2 rings (SSSR count). The number of aliphatic hydroxyl groups excluding tert-OH is 1. The van der Waals surface area contributed by atoms with E-state index in [1.54, 1.807) is 0 Å². The van der Waals surface area contributed by atoms with Crippen molar-refractivity contribution in [3.63, 3.8) is 0 Å². The van der Waals surface area contributed by atoms with Crippen LogP contribution >= 0.6 is 22.6 Å². The summed E-state index contributed by atoms with van der Waals surface area (Å²) < 4.78 is 1.10. The SMILES string of the molecule is CC(C)Cc1ccc(C(O)c2ccccc2I)cc1. The number of hydrogen-bond donors (Lipinski definition) is 1. The number of aliphatic hydroxyl groups is 1. The molecule has 0 saturated carbocycles. The van der Waals surface area contributed by atoms with Gasteiger partial charge >= 0.3 is 0 Å². The average Bonchev–Trinajstić information content (AvgIpc) is 2.39. The van der Waals surface area contributed by atoms with Crippen molar-refractivity contribution in [2.45, 2.75) is 26.4 Å². The molecule has 100 valence electrons. The minimum Gasteiger partial charge on any atom is -0.384 e. The molecule has 19 heavy (non-hydrogen) atoms. The number of rotatable bonds is 4. The normalized spacial score (nSPS) is 12.7. The molecule has 2 aromatic rings. The van der Waals surface area contributed by atoms with Gasteiger partial charge < -0.3 is 5.11 Å². The Kier molecular flexibility index (Phi) is 4.99. The van der Waals surface area contributed by atoms with E-state index < -0.39 is 6.10 Å². The van der Waals surface area contributed by atoms with Gasteiger partial charge in [-0.1, -0.05) is 56.3 Å². The van der Waals surface area contributed by atoms with E-state index in [2.05, 4.69) is 48.6 Å². The molecule has 0 aliphatic carbocycles. The maximum absolute atomic E-state index is 10.4. The Morgan fingerprint density at radius 2 is 1.63 bits per heavy atom. The maximum Gasteiger partial charge on any atom is 0.105 e. The Balaban J connectivity index is 2.20. The molecule has 0 radical (unpaired) electrons. The first-order valence-corrected chi connectivity index (χ1v) is 7.67. The van der Waals surface area contributed by atoms with Crippen LogP contribution in [0.1, 0.15) is 36.6 Å². The van der Waals surface area contributed by atoms with Gasteiger partial charge in [0.1, 0.15) is 6.10 Å². The Morgan fingerprint density at radius 3 is 2.21 bits per heavy atom. The summed E-state index contributed by atoms with van der Waals surface area (Å²) in [5, 5.41) is 10.4. The van der Waals surface area contributed by atoms with Gasteiger partial charge in [0.25, 0.3) is 0 Å². The Hall–Kier alpha value is -0.870. The molecular weight excluding hydrogens is 347 g/mol. The van der Waals surface area contributed by atoms with Crippen molar-refractivity contribution in [2.24, 2.45) is 5.92 Å². The maximum atomic E-state index is 10.4. The van der Waals surface area contributed by atoms with Gasteiger partial charge in [0.2, 0.25) is 0 Å². The predicted molar refractivity (Wildman–Crippen MR) is 88.2 cm³/mol. The fourth-order valence-electron chi connectivity index (χ4n) is 2.18. The van der Waals surface area contributed by atoms with Crippen LogP contribution in [0.15, 0.2) is 48.5 Å². The third-order valence-electron chi connectivity index (χ3n) is 3.14. The first-order chi connectivity index (χ1) is 9.08. The fourth-order valence-corrected chi connectivity index (χ4v) is 2.87. The van der Waals surface area contributed by atoms with Gasteiger partial charge in [-0.05, 0) is 57.7 Å². The highest BCUT2D eigenvalue weighted by Gasteiger charge is 2.12. The van der Waals surface area contributed by atoms with Gasteiger partial charge in [-0.25, -0.2) is 0 Å². The lowest BCUT2D eigenvalue weighted by atomic mass is 9.97. The van der Waals surface area contributed by atoms with E-state index in [1.807, 2.05) is 36.4 Å². The van der Waals surface area contributed by atoms with Crippen LogP contribution in [0.3, 0.4) is 0 Å². The zero-order chi connectivity index (χ0) is 13.8. The third-order valence-corrected chi connectivity index (χ3v) is 4.12. The molecule has 2 aromatic carbocycles. The van der Waals surface area contributed by atoms with Crippen LogP contribution in [0.5, 0.6) is 0 Å². The topological polar surface area (TPSA) is 20.2 Å². The van der Waals surface area contributed by atoms with E-state index >= 15 is 0 Å². The largest absolute Gasteiger partial charge is 0.384 e. The molecule has 1 N–H and O–H groups in total. The summed E-state index contributed by atoms with van der Waals surface area (Å²) in [7, 11) is 0. The molecule has 0 saturated heterocycles. The monoisotopic (exact) mass is 366 g/mol. The molecular formula is C17H19IO. The second kappa shape index (κ2) is 6.53. The van der Waals surface area contributed by atoms with Gasteiger partial charge in [0.05, 0.1) is 0 Å². The quantitative estimate of drug-likeness (QED) is 0.786. The van der Waals surface area contributed by atoms with E-state index in [9.17, 15) is 5.11 Å². The molecule has 2 heteroatoms. The lowest BCUT2D eigenvalue weighted by Gasteiger charge is -2.14. The van der Waals surface area contributed by atoms with E-state index in [0.717, 1.165) is 21.1 Å². The highest BCUT2D eigenvalue weighted by atomic mass is 127. The van der Waals surface area contributed by atoms with E-state index in [4.69, 9.17) is 0 Å². The van der Waals surface area contributed by atoms with Crippen molar-refractivity contribution in [1.29, 1.82) is 0 Å². The molecule has 0 spiro atoms. The lowest BCUT2D eigenvalue weighted by molar-refractivity contribution is 0.219. The van der Waals surface area contributed by atoms with Crippen LogP contribution in [-0.2, 0) is 6.42 Å². The van der Waals surface area contributed by atoms with Crippen molar-refractivity contribution in [3.05, 3.63) is 68.8 Å². The zero-order valence-corrected chi connectivity index (χ0v) is 13.5. The first kappa shape index (κ1) is 14.5. The molecule has 1 nitrogen and oxygen atoms in total. The Bertz CT molecular complexity index is 531. The zero-order valence-electron chi connectivity index (χ0n) is 11.3. The summed E-state index contributed by atoms with van der Waals surface area (Å²) in [6, 6.07) is 16.3. The van der Waals surface area contributed by atoms with Crippen LogP contribution in [0, 0.1) is 9.49 Å². The molecule has 0 fully saturated rings. The average molecular weight is 366 g/mol. The van der Waals surface area contributed by atoms with E-state index in [-0.39, 0.29) is 0 Å². The summed E-state index contributed by atoms with van der Waals surface area (Å²) in [6.07, 6.45) is 0.542. The standard InChI is InChI=1S/C17H19IO/c1-12(2)11-13-7-9-14(10-8-13)17(19)15-5-3-4-6-16(15)18/h3-10,12,17,19H,11H2,1-2H3. The molecule has 0 amide bonds. The molecule has 1 atom stereocenters. The van der Waals surface area contributed by atoms with Gasteiger partial charge in [-0.3, -0.25) is 0 Å². The van der Waals surface area contributed by atoms with E-state index in [0.29, 0.717) is 5.92 Å². The molecule has 0 bridgehead atoms. The summed E-state index contributed by atoms with van der Waals surface area (Å²) in [5.41, 5.74) is 3.25. The van der Waals surface area contributed by atoms with Crippen LogP contribution in [-0.4, -0.2) is 5.11 Å². The van der Waals surface area contributed by atoms with Crippen LogP contribution in [0.25, 0.3) is 0 Å². The van der Waals surface area contributed by atoms with Crippen LogP contribution < -0.4 is 0 Å². The summed E-state index contributed by atoms with van der Waals surface area (Å²) in [6.45, 7) is 4.43. The molecule has 1 unspecified atom stereocenters. The summed E-state index contributed by atoms with van der Waals surface area (Å²) >= 11 is 2.27. The van der Waals surface area contributed by atoms with Crippen LogP contribution in [0.4, 0.5) is 0 Å². The number of halogens is 1. The third kappa shape index (κ3) is 3.80. The smallest absolute Gasteiger partial charge is 0.105 e. The van der Waals surface area contributed by atoms with Gasteiger partial charge in [-0.2, -0.15) is 0 Å². The molecule has 0 aliphatic heterocycles. The van der Waals surface area contributed by atoms with Crippen molar-refractivity contribution in [2.75, 3.05) is 0 Å². The second-order valence-electron chi connectivity index (χ2n) is 5.26. The van der Waals surface area contributed by atoms with Crippen LogP contribution in [0.2, 0.25) is 0 Å². The highest BCUT2D eigenvalue weighted by Crippen LogP contribution is 2.26. The van der Waals surface area contributed by atoms with Gasteiger partial charge in [0.15, 0.2) is 0 Å². The first-order valence-electron chi connectivity index (χ1n) is 6.59. The Labute approximate surface area is 128 Å². The van der Waals surface area contributed by atoms with Crippen molar-refractivity contribution >= 4 is 22.6 Å². The van der Waals surface area contributed by atoms with Crippen molar-refractivity contribution < 1.29 is 5.11 Å².